The van der Waals surface area contributed by atoms with Gasteiger partial charge in [0.15, 0.2) is 0 Å². The van der Waals surface area contributed by atoms with Crippen molar-refractivity contribution in [2.75, 3.05) is 4.81 Å². The van der Waals surface area contributed by atoms with Gasteiger partial charge in [-0.3, -0.25) is 0 Å². The van der Waals surface area contributed by atoms with Crippen LogP contribution in [-0.4, -0.2) is 16.0 Å². The van der Waals surface area contributed by atoms with Crippen molar-refractivity contribution in [2.24, 2.45) is 0 Å². The molecule has 2 aromatic heterocycles. The van der Waals surface area contributed by atoms with Gasteiger partial charge in [-0.25, -0.2) is 0 Å². The van der Waals surface area contributed by atoms with Gasteiger partial charge in [-0.1, -0.05) is 121 Å². The quantitative estimate of drug-likeness (QED) is 0.168. The molecule has 52 heavy (non-hydrogen) atoms. The molecule has 2 aliphatic heterocycles. The van der Waals surface area contributed by atoms with E-state index in [9.17, 15) is 0 Å². The van der Waals surface area contributed by atoms with Crippen molar-refractivity contribution in [1.82, 2.24) is 9.13 Å². The van der Waals surface area contributed by atoms with Gasteiger partial charge in [0.1, 0.15) is 0 Å². The first-order valence-corrected chi connectivity index (χ1v) is 18.1. The summed E-state index contributed by atoms with van der Waals surface area (Å²) in [6.45, 7) is 0.0224. The molecule has 4 heterocycles. The monoisotopic (exact) mass is 659 g/mol. The summed E-state index contributed by atoms with van der Waals surface area (Å²) >= 11 is 0. The summed E-state index contributed by atoms with van der Waals surface area (Å²) in [4.78, 5) is 2.58. The highest BCUT2D eigenvalue weighted by atomic mass is 15.1. The number of anilines is 2. The minimum absolute atomic E-state index is 0.0224. The number of nitrogens with zero attached hydrogens (tertiary/aromatic N) is 3. The molecular formula is C48H30BN3. The van der Waals surface area contributed by atoms with Crippen molar-refractivity contribution in [3.63, 3.8) is 0 Å². The van der Waals surface area contributed by atoms with Crippen LogP contribution in [0.5, 0.6) is 0 Å². The van der Waals surface area contributed by atoms with Gasteiger partial charge in [-0.15, -0.1) is 0 Å². The highest BCUT2D eigenvalue weighted by Gasteiger charge is 2.42. The first-order chi connectivity index (χ1) is 25.8. The number of benzene rings is 8. The van der Waals surface area contributed by atoms with Gasteiger partial charge in [-0.2, -0.15) is 0 Å². The molecule has 0 N–H and O–H groups in total. The van der Waals surface area contributed by atoms with Crippen LogP contribution >= 0.6 is 0 Å². The summed E-state index contributed by atoms with van der Waals surface area (Å²) in [7, 11) is 0. The lowest BCUT2D eigenvalue weighted by molar-refractivity contribution is 1.18. The molecule has 0 fully saturated rings. The van der Waals surface area contributed by atoms with Crippen LogP contribution in [0.25, 0.3) is 77.2 Å². The third kappa shape index (κ3) is 3.65. The predicted octanol–water partition coefficient (Wildman–Crippen LogP) is 10.8. The van der Waals surface area contributed by atoms with E-state index in [1.807, 2.05) is 0 Å². The lowest BCUT2D eigenvalue weighted by Gasteiger charge is -2.43. The normalized spacial score (nSPS) is 12.9. The first kappa shape index (κ1) is 28.0. The molecule has 0 saturated carbocycles. The Morgan fingerprint density at radius 1 is 0.308 bits per heavy atom. The maximum atomic E-state index is 2.58. The van der Waals surface area contributed by atoms with Crippen LogP contribution in [0.2, 0.25) is 0 Å². The average Bonchev–Trinajstić information content (AvgIpc) is 3.73. The van der Waals surface area contributed by atoms with E-state index in [-0.39, 0.29) is 6.85 Å². The Labute approximate surface area is 301 Å². The fourth-order valence-electron chi connectivity index (χ4n) is 9.39. The number of aromatic nitrogens is 2. The molecule has 240 valence electrons. The molecule has 0 unspecified atom stereocenters. The predicted molar refractivity (Wildman–Crippen MR) is 220 cm³/mol. The van der Waals surface area contributed by atoms with Crippen LogP contribution in [0.1, 0.15) is 0 Å². The Morgan fingerprint density at radius 2 is 0.654 bits per heavy atom. The number of hydrogen-bond donors (Lipinski definition) is 0. The molecule has 8 aromatic carbocycles. The van der Waals surface area contributed by atoms with Gasteiger partial charge in [-0.05, 0) is 82.7 Å². The highest BCUT2D eigenvalue weighted by molar-refractivity contribution is 6.92. The second-order valence-corrected chi connectivity index (χ2v) is 14.1. The molecule has 10 aromatic rings. The smallest absolute Gasteiger partial charge is 0.329 e. The highest BCUT2D eigenvalue weighted by Crippen LogP contribution is 2.47. The molecule has 0 radical (unpaired) electrons. The molecule has 0 amide bonds. The van der Waals surface area contributed by atoms with Crippen LogP contribution in [-0.2, 0) is 0 Å². The molecule has 3 nitrogen and oxygen atoms in total. The van der Waals surface area contributed by atoms with Crippen LogP contribution in [0.4, 0.5) is 11.4 Å². The third-order valence-electron chi connectivity index (χ3n) is 11.5. The Bertz CT molecular complexity index is 2800. The number of para-hydroxylation sites is 6. The third-order valence-corrected chi connectivity index (χ3v) is 11.5. The summed E-state index contributed by atoms with van der Waals surface area (Å²) < 4.78 is 4.87. The zero-order valence-corrected chi connectivity index (χ0v) is 28.2. The Hall–Kier alpha value is -6.78. The van der Waals surface area contributed by atoms with Crippen LogP contribution in [0.15, 0.2) is 182 Å². The Balaban J connectivity index is 1.11. The van der Waals surface area contributed by atoms with E-state index in [0.717, 1.165) is 0 Å². The summed E-state index contributed by atoms with van der Waals surface area (Å²) in [5, 5.41) is 5.11. The average molecular weight is 660 g/mol. The SMILES string of the molecule is c1ccc2c(c1)-c1cc(-n3c4ccccc4c4ccccc43)ccc1B1c3ccc(-n4c5ccccc5c5ccccc54)cc3-c3ccccc3N12. The van der Waals surface area contributed by atoms with Gasteiger partial charge < -0.3 is 13.9 Å². The second-order valence-electron chi connectivity index (χ2n) is 14.1. The standard InChI is InChI=1S/C48H30BN3/c1-7-19-43-33(13-1)34-14-2-8-20-44(34)50(43)31-25-27-41-39(29-31)37-17-5-11-23-47(37)52-48-24-12-6-18-38(48)40-30-32(26-28-42(40)49(41)52)51-45-21-9-3-15-35(45)36-16-4-10-22-46(36)51/h1-30H. The Morgan fingerprint density at radius 3 is 1.06 bits per heavy atom. The van der Waals surface area contributed by atoms with E-state index in [4.69, 9.17) is 0 Å². The van der Waals surface area contributed by atoms with E-state index >= 15 is 0 Å². The van der Waals surface area contributed by atoms with E-state index < -0.39 is 0 Å². The molecule has 4 heteroatoms. The van der Waals surface area contributed by atoms with Gasteiger partial charge in [0.2, 0.25) is 0 Å². The molecule has 0 atom stereocenters. The van der Waals surface area contributed by atoms with E-state index in [0.29, 0.717) is 0 Å². The largest absolute Gasteiger partial charge is 0.376 e. The fourth-order valence-corrected chi connectivity index (χ4v) is 9.39. The van der Waals surface area contributed by atoms with Gasteiger partial charge in [0.05, 0.1) is 22.1 Å². The first-order valence-electron chi connectivity index (χ1n) is 18.1. The zero-order chi connectivity index (χ0) is 33.9. The summed E-state index contributed by atoms with van der Waals surface area (Å²) in [5.41, 5.74) is 17.5. The minimum Gasteiger partial charge on any atom is -0.376 e. The van der Waals surface area contributed by atoms with Gasteiger partial charge in [0.25, 0.3) is 0 Å². The van der Waals surface area contributed by atoms with Gasteiger partial charge in [0, 0.05) is 55.4 Å². The molecule has 12 rings (SSSR count). The summed E-state index contributed by atoms with van der Waals surface area (Å²) in [6, 6.07) is 67.3. The molecule has 0 aliphatic carbocycles. The molecule has 2 aliphatic rings. The number of hydrogen-bond acceptors (Lipinski definition) is 1. The number of rotatable bonds is 2. The maximum absolute atomic E-state index is 2.58. The van der Waals surface area contributed by atoms with Crippen molar-refractivity contribution < 1.29 is 0 Å². The van der Waals surface area contributed by atoms with E-state index in [1.54, 1.807) is 0 Å². The van der Waals surface area contributed by atoms with Crippen molar-refractivity contribution in [1.29, 1.82) is 0 Å². The molecule has 0 spiro atoms. The fraction of sp³-hybridized carbons (Fsp3) is 0. The van der Waals surface area contributed by atoms with Crippen molar-refractivity contribution in [2.45, 2.75) is 0 Å². The number of fused-ring (bicyclic) bond motifs is 17. The molecular weight excluding hydrogens is 629 g/mol. The zero-order valence-electron chi connectivity index (χ0n) is 28.2. The van der Waals surface area contributed by atoms with Crippen LogP contribution < -0.4 is 15.7 Å². The topological polar surface area (TPSA) is 13.1 Å². The molecule has 0 saturated heterocycles. The van der Waals surface area contributed by atoms with Crippen molar-refractivity contribution in [3.05, 3.63) is 182 Å². The van der Waals surface area contributed by atoms with E-state index in [1.165, 1.54) is 99.5 Å². The van der Waals surface area contributed by atoms with Crippen LogP contribution in [0.3, 0.4) is 0 Å². The van der Waals surface area contributed by atoms with Gasteiger partial charge >= 0.3 is 6.85 Å². The van der Waals surface area contributed by atoms with E-state index in [2.05, 4.69) is 196 Å². The molecule has 0 bridgehead atoms. The summed E-state index contributed by atoms with van der Waals surface area (Å²) in [6.07, 6.45) is 0. The second kappa shape index (κ2) is 10.4. The van der Waals surface area contributed by atoms with Crippen LogP contribution in [0, 0.1) is 0 Å². The van der Waals surface area contributed by atoms with Crippen molar-refractivity contribution >= 4 is 72.8 Å². The minimum atomic E-state index is 0.0224. The maximum Gasteiger partial charge on any atom is 0.329 e. The lowest BCUT2D eigenvalue weighted by atomic mass is 9.43. The summed E-state index contributed by atoms with van der Waals surface area (Å²) in [5.74, 6) is 0. The Kier molecular flexibility index (Phi) is 5.58. The lowest BCUT2D eigenvalue weighted by Crippen LogP contribution is -2.59. The van der Waals surface area contributed by atoms with Crippen molar-refractivity contribution in [3.8, 4) is 33.6 Å².